The lowest BCUT2D eigenvalue weighted by Crippen LogP contribution is -2.49. The standard InChI is InChI=1S/C23H30ClN5O3/c1-14-19(20(25)28-23(24)27-14)8-7-16-9-11-29(12-10-16)22(31)15(2)26-21(30)17-5-4-6-18(13-17)32-3/h4-6,13,15-16H,7-12H2,1-3H3,(H,26,30)(H2,25,27,28)/t15-/m0/s1. The molecule has 9 heteroatoms. The minimum Gasteiger partial charge on any atom is -0.497 e. The number of nitrogen functional groups attached to an aromatic ring is 1. The molecule has 0 bridgehead atoms. The Bertz CT molecular complexity index is 953. The molecule has 0 aliphatic carbocycles. The van der Waals surface area contributed by atoms with Gasteiger partial charge in [0.1, 0.15) is 17.6 Å². The molecule has 2 amide bonds. The zero-order chi connectivity index (χ0) is 23.3. The number of ether oxygens (including phenoxy) is 1. The van der Waals surface area contributed by atoms with Crippen LogP contribution in [0.4, 0.5) is 5.82 Å². The second-order valence-corrected chi connectivity index (χ2v) is 8.51. The molecular weight excluding hydrogens is 430 g/mol. The molecule has 0 saturated carbocycles. The quantitative estimate of drug-likeness (QED) is 0.616. The predicted molar refractivity (Wildman–Crippen MR) is 124 cm³/mol. The number of benzene rings is 1. The highest BCUT2D eigenvalue weighted by Gasteiger charge is 2.27. The van der Waals surface area contributed by atoms with Gasteiger partial charge in [0.2, 0.25) is 11.2 Å². The lowest BCUT2D eigenvalue weighted by Gasteiger charge is -2.34. The number of likely N-dealkylation sites (tertiary alicyclic amines) is 1. The Labute approximate surface area is 193 Å². The van der Waals surface area contributed by atoms with Crippen molar-refractivity contribution in [2.45, 2.75) is 45.6 Å². The van der Waals surface area contributed by atoms with Crippen LogP contribution in [0, 0.1) is 12.8 Å². The number of carbonyl (C=O) groups is 2. The van der Waals surface area contributed by atoms with Crippen molar-refractivity contribution in [2.75, 3.05) is 25.9 Å². The minimum atomic E-state index is -0.598. The molecule has 172 valence electrons. The normalized spacial score (nSPS) is 15.3. The van der Waals surface area contributed by atoms with Gasteiger partial charge in [-0.05, 0) is 75.2 Å². The van der Waals surface area contributed by atoms with Gasteiger partial charge in [-0.15, -0.1) is 0 Å². The molecule has 3 rings (SSSR count). The van der Waals surface area contributed by atoms with E-state index in [-0.39, 0.29) is 17.1 Å². The summed E-state index contributed by atoms with van der Waals surface area (Å²) in [6.07, 6.45) is 3.58. The van der Waals surface area contributed by atoms with E-state index in [1.165, 1.54) is 0 Å². The van der Waals surface area contributed by atoms with Gasteiger partial charge in [-0.25, -0.2) is 9.97 Å². The molecule has 1 aromatic heterocycles. The van der Waals surface area contributed by atoms with Crippen LogP contribution < -0.4 is 15.8 Å². The summed E-state index contributed by atoms with van der Waals surface area (Å²) in [6, 6.07) is 6.26. The molecule has 1 aliphatic heterocycles. The van der Waals surface area contributed by atoms with E-state index >= 15 is 0 Å². The Balaban J connectivity index is 1.48. The van der Waals surface area contributed by atoms with Crippen molar-refractivity contribution in [3.05, 3.63) is 46.4 Å². The molecule has 1 aromatic carbocycles. The van der Waals surface area contributed by atoms with Crippen molar-refractivity contribution in [1.82, 2.24) is 20.2 Å². The molecule has 8 nitrogen and oxygen atoms in total. The minimum absolute atomic E-state index is 0.0640. The summed E-state index contributed by atoms with van der Waals surface area (Å²) in [5.41, 5.74) is 8.22. The largest absolute Gasteiger partial charge is 0.497 e. The van der Waals surface area contributed by atoms with Gasteiger partial charge >= 0.3 is 0 Å². The van der Waals surface area contributed by atoms with Crippen molar-refractivity contribution >= 4 is 29.2 Å². The highest BCUT2D eigenvalue weighted by molar-refractivity contribution is 6.28. The van der Waals surface area contributed by atoms with E-state index in [0.717, 1.165) is 36.9 Å². The summed E-state index contributed by atoms with van der Waals surface area (Å²) < 4.78 is 5.15. The lowest BCUT2D eigenvalue weighted by atomic mass is 9.90. The molecule has 2 heterocycles. The maximum absolute atomic E-state index is 12.8. The molecule has 0 radical (unpaired) electrons. The second kappa shape index (κ2) is 10.6. The summed E-state index contributed by atoms with van der Waals surface area (Å²) >= 11 is 5.85. The molecule has 2 aromatic rings. The summed E-state index contributed by atoms with van der Waals surface area (Å²) in [7, 11) is 1.55. The van der Waals surface area contributed by atoms with Gasteiger partial charge in [0.25, 0.3) is 5.91 Å². The fraction of sp³-hybridized carbons (Fsp3) is 0.478. The Morgan fingerprint density at radius 2 is 2.03 bits per heavy atom. The van der Waals surface area contributed by atoms with Crippen molar-refractivity contribution in [3.63, 3.8) is 0 Å². The third kappa shape index (κ3) is 5.88. The summed E-state index contributed by atoms with van der Waals surface area (Å²) in [6.45, 7) is 4.96. The van der Waals surface area contributed by atoms with Gasteiger partial charge in [-0.1, -0.05) is 6.07 Å². The van der Waals surface area contributed by atoms with Crippen LogP contribution in [0.1, 0.15) is 47.8 Å². The fourth-order valence-electron chi connectivity index (χ4n) is 4.06. The smallest absolute Gasteiger partial charge is 0.252 e. The van der Waals surface area contributed by atoms with Gasteiger partial charge in [0, 0.05) is 29.9 Å². The van der Waals surface area contributed by atoms with Crippen molar-refractivity contribution in [2.24, 2.45) is 5.92 Å². The number of hydrogen-bond donors (Lipinski definition) is 2. The highest BCUT2D eigenvalue weighted by Crippen LogP contribution is 2.25. The number of nitrogens with one attached hydrogen (secondary N) is 1. The Hall–Kier alpha value is -2.87. The third-order valence-electron chi connectivity index (χ3n) is 6.00. The first-order valence-electron chi connectivity index (χ1n) is 10.8. The third-order valence-corrected chi connectivity index (χ3v) is 6.17. The molecular formula is C23H30ClN5O3. The zero-order valence-corrected chi connectivity index (χ0v) is 19.5. The van der Waals surface area contributed by atoms with Crippen LogP contribution in [-0.2, 0) is 11.2 Å². The number of aryl methyl sites for hydroxylation is 1. The maximum atomic E-state index is 12.8. The van der Waals surface area contributed by atoms with Crippen LogP contribution in [0.15, 0.2) is 24.3 Å². The fourth-order valence-corrected chi connectivity index (χ4v) is 4.28. The van der Waals surface area contributed by atoms with Crippen LogP contribution in [-0.4, -0.2) is 52.9 Å². The number of nitrogens with two attached hydrogens (primary N) is 1. The van der Waals surface area contributed by atoms with Crippen molar-refractivity contribution < 1.29 is 14.3 Å². The van der Waals surface area contributed by atoms with E-state index < -0.39 is 6.04 Å². The molecule has 1 fully saturated rings. The van der Waals surface area contributed by atoms with Crippen LogP contribution in [0.25, 0.3) is 0 Å². The Kier molecular flexibility index (Phi) is 7.90. The SMILES string of the molecule is COc1cccc(C(=O)N[C@@H](C)C(=O)N2CCC(CCc3c(C)nc(Cl)nc3N)CC2)c1. The average molecular weight is 460 g/mol. The first-order valence-corrected chi connectivity index (χ1v) is 11.2. The zero-order valence-electron chi connectivity index (χ0n) is 18.7. The van der Waals surface area contributed by atoms with E-state index in [1.807, 2.05) is 11.8 Å². The van der Waals surface area contributed by atoms with Crippen molar-refractivity contribution in [1.29, 1.82) is 0 Å². The molecule has 1 saturated heterocycles. The summed E-state index contributed by atoms with van der Waals surface area (Å²) in [5.74, 6) is 1.18. The number of amides is 2. The number of methoxy groups -OCH3 is 1. The first-order chi connectivity index (χ1) is 15.3. The van der Waals surface area contributed by atoms with Crippen LogP contribution >= 0.6 is 11.6 Å². The number of rotatable bonds is 7. The number of hydrogen-bond acceptors (Lipinski definition) is 6. The number of halogens is 1. The Morgan fingerprint density at radius 1 is 1.31 bits per heavy atom. The van der Waals surface area contributed by atoms with E-state index in [4.69, 9.17) is 22.1 Å². The van der Waals surface area contributed by atoms with E-state index in [0.29, 0.717) is 36.1 Å². The lowest BCUT2D eigenvalue weighted by molar-refractivity contribution is -0.134. The van der Waals surface area contributed by atoms with Gasteiger partial charge < -0.3 is 20.7 Å². The average Bonchev–Trinajstić information content (AvgIpc) is 2.78. The van der Waals surface area contributed by atoms with Crippen LogP contribution in [0.2, 0.25) is 5.28 Å². The van der Waals surface area contributed by atoms with Gasteiger partial charge in [0.15, 0.2) is 0 Å². The van der Waals surface area contributed by atoms with Gasteiger partial charge in [-0.2, -0.15) is 0 Å². The van der Waals surface area contributed by atoms with E-state index in [2.05, 4.69) is 15.3 Å². The number of aromatic nitrogens is 2. The highest BCUT2D eigenvalue weighted by atomic mass is 35.5. The molecule has 0 unspecified atom stereocenters. The van der Waals surface area contributed by atoms with Gasteiger partial charge in [-0.3, -0.25) is 9.59 Å². The maximum Gasteiger partial charge on any atom is 0.252 e. The van der Waals surface area contributed by atoms with Crippen molar-refractivity contribution in [3.8, 4) is 5.75 Å². The monoisotopic (exact) mass is 459 g/mol. The topological polar surface area (TPSA) is 110 Å². The summed E-state index contributed by atoms with van der Waals surface area (Å²) in [4.78, 5) is 35.4. The number of piperidine rings is 1. The molecule has 32 heavy (non-hydrogen) atoms. The van der Waals surface area contributed by atoms with Crippen LogP contribution in [0.3, 0.4) is 0 Å². The molecule has 1 aliphatic rings. The number of nitrogens with zero attached hydrogens (tertiary/aromatic N) is 3. The Morgan fingerprint density at radius 3 is 2.69 bits per heavy atom. The molecule has 3 N–H and O–H groups in total. The van der Waals surface area contributed by atoms with Crippen LogP contribution in [0.5, 0.6) is 5.75 Å². The molecule has 0 spiro atoms. The summed E-state index contributed by atoms with van der Waals surface area (Å²) in [5, 5.41) is 2.96. The number of carbonyl (C=O) groups excluding carboxylic acids is 2. The second-order valence-electron chi connectivity index (χ2n) is 8.18. The predicted octanol–water partition coefficient (Wildman–Crippen LogP) is 3.02. The van der Waals surface area contributed by atoms with E-state index in [1.54, 1.807) is 38.3 Å². The van der Waals surface area contributed by atoms with E-state index in [9.17, 15) is 9.59 Å². The molecule has 1 atom stereocenters. The number of anilines is 1. The first kappa shape index (κ1) is 23.8. The van der Waals surface area contributed by atoms with Gasteiger partial charge in [0.05, 0.1) is 7.11 Å².